The normalized spacial score (nSPS) is 14.1. The number of nitrogens with two attached hydrogens (primary N) is 1. The Labute approximate surface area is 103 Å². The number of nitrogens with one attached hydrogen (secondary N) is 1. The third-order valence-electron chi connectivity index (χ3n) is 2.88. The van der Waals surface area contributed by atoms with Gasteiger partial charge in [-0.25, -0.2) is 0 Å². The molecule has 0 radical (unpaired) electrons. The zero-order valence-corrected chi connectivity index (χ0v) is 10.9. The predicted octanol–water partition coefficient (Wildman–Crippen LogP) is 3.08. The Hall–Kier alpha value is -1.35. The van der Waals surface area contributed by atoms with E-state index in [1.54, 1.807) is 0 Å². The van der Waals surface area contributed by atoms with E-state index in [1.807, 2.05) is 38.1 Å². The molecular weight excluding hydrogens is 212 g/mol. The molecule has 94 valence electrons. The van der Waals surface area contributed by atoms with Crippen molar-refractivity contribution in [3.63, 3.8) is 0 Å². The number of anilines is 1. The van der Waals surface area contributed by atoms with Crippen LogP contribution in [-0.2, 0) is 4.79 Å². The first-order valence-electron chi connectivity index (χ1n) is 6.21. The summed E-state index contributed by atoms with van der Waals surface area (Å²) >= 11 is 0. The molecule has 1 aromatic carbocycles. The molecule has 0 aliphatic rings. The number of hydrogen-bond donors (Lipinski definition) is 2. The molecule has 3 heteroatoms. The number of benzene rings is 1. The Morgan fingerprint density at radius 2 is 2.00 bits per heavy atom. The average Bonchev–Trinajstić information content (AvgIpc) is 2.29. The fraction of sp³-hybridized carbons (Fsp3) is 0.500. The molecule has 1 amide bonds. The van der Waals surface area contributed by atoms with Gasteiger partial charge in [0.2, 0.25) is 5.91 Å². The van der Waals surface area contributed by atoms with Gasteiger partial charge in [-0.3, -0.25) is 4.79 Å². The minimum Gasteiger partial charge on any atom is -0.326 e. The van der Waals surface area contributed by atoms with Crippen LogP contribution in [0.3, 0.4) is 0 Å². The van der Waals surface area contributed by atoms with Crippen molar-refractivity contribution in [1.82, 2.24) is 0 Å². The van der Waals surface area contributed by atoms with Crippen molar-refractivity contribution in [2.75, 3.05) is 5.32 Å². The molecule has 0 saturated carbocycles. The smallest absolute Gasteiger partial charge is 0.227 e. The van der Waals surface area contributed by atoms with E-state index in [-0.39, 0.29) is 17.9 Å². The summed E-state index contributed by atoms with van der Waals surface area (Å²) in [4.78, 5) is 11.9. The van der Waals surface area contributed by atoms with Crippen LogP contribution < -0.4 is 11.1 Å². The van der Waals surface area contributed by atoms with Gasteiger partial charge in [-0.05, 0) is 25.0 Å². The van der Waals surface area contributed by atoms with E-state index < -0.39 is 0 Å². The Kier molecular flexibility index (Phi) is 5.16. The Morgan fingerprint density at radius 1 is 1.35 bits per heavy atom. The molecule has 1 aromatic rings. The van der Waals surface area contributed by atoms with Gasteiger partial charge in [0.15, 0.2) is 0 Å². The van der Waals surface area contributed by atoms with E-state index >= 15 is 0 Å². The second kappa shape index (κ2) is 6.40. The monoisotopic (exact) mass is 234 g/mol. The molecule has 1 rings (SSSR count). The van der Waals surface area contributed by atoms with E-state index in [0.29, 0.717) is 0 Å². The number of carbonyl (C=O) groups is 1. The lowest BCUT2D eigenvalue weighted by Gasteiger charge is -2.16. The van der Waals surface area contributed by atoms with Gasteiger partial charge < -0.3 is 11.1 Å². The maximum absolute atomic E-state index is 11.9. The summed E-state index contributed by atoms with van der Waals surface area (Å²) in [6.45, 7) is 5.95. The summed E-state index contributed by atoms with van der Waals surface area (Å²) in [5, 5.41) is 2.96. The van der Waals surface area contributed by atoms with Crippen LogP contribution in [0, 0.1) is 5.92 Å². The van der Waals surface area contributed by atoms with Crippen LogP contribution >= 0.6 is 0 Å². The number of para-hydroxylation sites is 1. The van der Waals surface area contributed by atoms with Crippen LogP contribution in [0.5, 0.6) is 0 Å². The molecule has 2 atom stereocenters. The van der Waals surface area contributed by atoms with E-state index in [0.717, 1.165) is 24.1 Å². The van der Waals surface area contributed by atoms with Gasteiger partial charge in [0.05, 0.1) is 0 Å². The maximum atomic E-state index is 11.9. The highest BCUT2D eigenvalue weighted by molar-refractivity contribution is 5.93. The van der Waals surface area contributed by atoms with Gasteiger partial charge in [-0.15, -0.1) is 0 Å². The van der Waals surface area contributed by atoms with Crippen LogP contribution in [0.25, 0.3) is 0 Å². The summed E-state index contributed by atoms with van der Waals surface area (Å²) in [5.74, 6) is 0.112. The minimum absolute atomic E-state index is 0.0427. The van der Waals surface area contributed by atoms with Crippen LogP contribution in [0.4, 0.5) is 5.69 Å². The molecule has 3 nitrogen and oxygen atoms in total. The van der Waals surface area contributed by atoms with E-state index in [1.165, 1.54) is 0 Å². The second-order valence-electron chi connectivity index (χ2n) is 4.55. The van der Waals surface area contributed by atoms with Crippen LogP contribution in [0.1, 0.15) is 45.2 Å². The van der Waals surface area contributed by atoms with Crippen molar-refractivity contribution in [1.29, 1.82) is 0 Å². The van der Waals surface area contributed by atoms with Crippen LogP contribution in [0.2, 0.25) is 0 Å². The zero-order chi connectivity index (χ0) is 12.8. The molecule has 0 aromatic heterocycles. The molecule has 0 bridgehead atoms. The van der Waals surface area contributed by atoms with Gasteiger partial charge in [0.25, 0.3) is 0 Å². The molecule has 0 saturated heterocycles. The number of carbonyl (C=O) groups excluding carboxylic acids is 1. The summed E-state index contributed by atoms with van der Waals surface area (Å²) in [6.07, 6.45) is 1.93. The summed E-state index contributed by atoms with van der Waals surface area (Å²) in [5.41, 5.74) is 7.68. The third kappa shape index (κ3) is 3.86. The van der Waals surface area contributed by atoms with Crippen molar-refractivity contribution < 1.29 is 4.79 Å². The quantitative estimate of drug-likeness (QED) is 0.822. The average molecular weight is 234 g/mol. The lowest BCUT2D eigenvalue weighted by atomic mass is 10.0. The Bertz CT molecular complexity index is 374. The largest absolute Gasteiger partial charge is 0.326 e. The van der Waals surface area contributed by atoms with Crippen molar-refractivity contribution in [2.45, 2.75) is 39.7 Å². The van der Waals surface area contributed by atoms with E-state index in [9.17, 15) is 4.79 Å². The minimum atomic E-state index is -0.0759. The molecule has 0 fully saturated rings. The topological polar surface area (TPSA) is 55.1 Å². The summed E-state index contributed by atoms with van der Waals surface area (Å²) in [6, 6.07) is 7.61. The SMILES string of the molecule is CCCC(C)C(=O)Nc1ccccc1C(C)N. The molecule has 0 aliphatic heterocycles. The Balaban J connectivity index is 2.77. The second-order valence-corrected chi connectivity index (χ2v) is 4.55. The zero-order valence-electron chi connectivity index (χ0n) is 10.9. The molecular formula is C14H22N2O. The highest BCUT2D eigenvalue weighted by Gasteiger charge is 2.14. The lowest BCUT2D eigenvalue weighted by molar-refractivity contribution is -0.119. The van der Waals surface area contributed by atoms with Crippen molar-refractivity contribution in [2.24, 2.45) is 11.7 Å². The van der Waals surface area contributed by atoms with Crippen molar-refractivity contribution in [3.8, 4) is 0 Å². The lowest BCUT2D eigenvalue weighted by Crippen LogP contribution is -2.22. The standard InChI is InChI=1S/C14H22N2O/c1-4-7-10(2)14(17)16-13-9-6-5-8-12(13)11(3)15/h5-6,8-11H,4,7,15H2,1-3H3,(H,16,17). The van der Waals surface area contributed by atoms with Gasteiger partial charge in [0, 0.05) is 17.6 Å². The molecule has 2 unspecified atom stereocenters. The molecule has 0 aliphatic carbocycles. The summed E-state index contributed by atoms with van der Waals surface area (Å²) < 4.78 is 0. The summed E-state index contributed by atoms with van der Waals surface area (Å²) in [7, 11) is 0. The third-order valence-corrected chi connectivity index (χ3v) is 2.88. The number of rotatable bonds is 5. The maximum Gasteiger partial charge on any atom is 0.227 e. The van der Waals surface area contributed by atoms with Gasteiger partial charge in [-0.2, -0.15) is 0 Å². The van der Waals surface area contributed by atoms with Gasteiger partial charge in [0.1, 0.15) is 0 Å². The fourth-order valence-corrected chi connectivity index (χ4v) is 1.83. The van der Waals surface area contributed by atoms with Crippen LogP contribution in [-0.4, -0.2) is 5.91 Å². The first-order chi connectivity index (χ1) is 8.06. The van der Waals surface area contributed by atoms with E-state index in [2.05, 4.69) is 12.2 Å². The first kappa shape index (κ1) is 13.7. The highest BCUT2D eigenvalue weighted by atomic mass is 16.1. The molecule has 3 N–H and O–H groups in total. The number of amides is 1. The van der Waals surface area contributed by atoms with Crippen molar-refractivity contribution >= 4 is 11.6 Å². The molecule has 0 heterocycles. The highest BCUT2D eigenvalue weighted by Crippen LogP contribution is 2.21. The van der Waals surface area contributed by atoms with Crippen LogP contribution in [0.15, 0.2) is 24.3 Å². The van der Waals surface area contributed by atoms with E-state index in [4.69, 9.17) is 5.73 Å². The fourth-order valence-electron chi connectivity index (χ4n) is 1.83. The van der Waals surface area contributed by atoms with Gasteiger partial charge in [-0.1, -0.05) is 38.5 Å². The van der Waals surface area contributed by atoms with Crippen molar-refractivity contribution in [3.05, 3.63) is 29.8 Å². The molecule has 0 spiro atoms. The first-order valence-corrected chi connectivity index (χ1v) is 6.21. The Morgan fingerprint density at radius 3 is 2.59 bits per heavy atom. The number of hydrogen-bond acceptors (Lipinski definition) is 2. The predicted molar refractivity (Wildman–Crippen MR) is 71.7 cm³/mol. The van der Waals surface area contributed by atoms with Gasteiger partial charge >= 0.3 is 0 Å². The molecule has 17 heavy (non-hydrogen) atoms.